The van der Waals surface area contributed by atoms with Crippen LogP contribution in [0.4, 0.5) is 5.69 Å². The zero-order valence-electron chi connectivity index (χ0n) is 9.35. The van der Waals surface area contributed by atoms with Gasteiger partial charge in [-0.25, -0.2) is 0 Å². The van der Waals surface area contributed by atoms with E-state index in [9.17, 15) is 9.59 Å². The Morgan fingerprint density at radius 1 is 1.24 bits per heavy atom. The second-order valence-corrected chi connectivity index (χ2v) is 5.36. The minimum atomic E-state index is 0.120. The summed E-state index contributed by atoms with van der Waals surface area (Å²) in [5.74, 6) is 0.334. The molecule has 17 heavy (non-hydrogen) atoms. The highest BCUT2D eigenvalue weighted by molar-refractivity contribution is 7.81. The van der Waals surface area contributed by atoms with Gasteiger partial charge in [0.05, 0.1) is 0 Å². The molecule has 88 valence electrons. The fraction of sp³-hybridized carbons (Fsp3) is 0.385. The summed E-state index contributed by atoms with van der Waals surface area (Å²) >= 11 is 4.34. The first-order chi connectivity index (χ1) is 8.15. The van der Waals surface area contributed by atoms with Crippen molar-refractivity contribution >= 4 is 30.0 Å². The van der Waals surface area contributed by atoms with Gasteiger partial charge in [-0.05, 0) is 30.2 Å². The molecule has 1 amide bonds. The van der Waals surface area contributed by atoms with Crippen LogP contribution in [0.15, 0.2) is 18.2 Å². The molecule has 1 aromatic carbocycles. The quantitative estimate of drug-likeness (QED) is 0.769. The molecule has 2 aliphatic rings. The summed E-state index contributed by atoms with van der Waals surface area (Å²) in [5.41, 5.74) is 2.80. The number of fused-ring (bicyclic) bond motifs is 1. The number of amides is 1. The van der Waals surface area contributed by atoms with Crippen LogP contribution in [0.2, 0.25) is 0 Å². The van der Waals surface area contributed by atoms with Gasteiger partial charge in [0.1, 0.15) is 0 Å². The summed E-state index contributed by atoms with van der Waals surface area (Å²) in [5, 5.41) is 0.123. The van der Waals surface area contributed by atoms with Crippen LogP contribution in [0.1, 0.15) is 28.8 Å². The predicted molar refractivity (Wildman–Crippen MR) is 68.8 cm³/mol. The molecule has 0 bridgehead atoms. The van der Waals surface area contributed by atoms with E-state index in [1.54, 1.807) is 4.90 Å². The Morgan fingerprint density at radius 3 is 2.76 bits per heavy atom. The number of carbonyl (C=O) groups excluding carboxylic acids is 2. The normalized spacial score (nSPS) is 23.4. The van der Waals surface area contributed by atoms with Crippen molar-refractivity contribution < 1.29 is 9.59 Å². The van der Waals surface area contributed by atoms with Crippen molar-refractivity contribution in [2.24, 2.45) is 0 Å². The van der Waals surface area contributed by atoms with Crippen molar-refractivity contribution in [3.05, 3.63) is 29.3 Å². The highest BCUT2D eigenvalue weighted by Crippen LogP contribution is 2.29. The predicted octanol–water partition coefficient (Wildman–Crippen LogP) is 1.85. The van der Waals surface area contributed by atoms with Crippen molar-refractivity contribution in [3.63, 3.8) is 0 Å². The van der Waals surface area contributed by atoms with Crippen LogP contribution in [-0.4, -0.2) is 23.5 Å². The van der Waals surface area contributed by atoms with Crippen molar-refractivity contribution in [1.82, 2.24) is 0 Å². The number of thiol groups is 1. The van der Waals surface area contributed by atoms with Crippen LogP contribution < -0.4 is 4.90 Å². The van der Waals surface area contributed by atoms with Gasteiger partial charge in [-0.3, -0.25) is 9.59 Å². The number of ketones is 1. The first-order valence-electron chi connectivity index (χ1n) is 5.80. The maximum absolute atomic E-state index is 11.8. The van der Waals surface area contributed by atoms with Gasteiger partial charge in [0.2, 0.25) is 5.91 Å². The largest absolute Gasteiger partial charge is 0.311 e. The molecular weight excluding hydrogens is 234 g/mol. The zero-order valence-corrected chi connectivity index (χ0v) is 10.2. The fourth-order valence-corrected chi connectivity index (χ4v) is 2.87. The molecular formula is C13H13NO2S. The minimum Gasteiger partial charge on any atom is -0.311 e. The molecule has 1 unspecified atom stereocenters. The molecule has 3 nitrogen and oxygen atoms in total. The Balaban J connectivity index is 1.95. The zero-order chi connectivity index (χ0) is 12.0. The second-order valence-electron chi connectivity index (χ2n) is 4.63. The van der Waals surface area contributed by atoms with Crippen LogP contribution in [-0.2, 0) is 11.2 Å². The van der Waals surface area contributed by atoms with Crippen LogP contribution in [0, 0.1) is 0 Å². The number of Topliss-reactive ketones (excluding diaryl/α,β-unsaturated/α-hetero) is 1. The lowest BCUT2D eigenvalue weighted by Gasteiger charge is -2.16. The summed E-state index contributed by atoms with van der Waals surface area (Å²) in [7, 11) is 0. The third kappa shape index (κ3) is 1.76. The number of aryl methyl sites for hydroxylation is 1. The summed E-state index contributed by atoms with van der Waals surface area (Å²) in [4.78, 5) is 25.0. The topological polar surface area (TPSA) is 37.4 Å². The Morgan fingerprint density at radius 2 is 2.06 bits per heavy atom. The lowest BCUT2D eigenvalue weighted by Crippen LogP contribution is -2.24. The Hall–Kier alpha value is -1.29. The average molecular weight is 247 g/mol. The van der Waals surface area contributed by atoms with Gasteiger partial charge in [-0.15, -0.1) is 0 Å². The van der Waals surface area contributed by atoms with E-state index >= 15 is 0 Å². The van der Waals surface area contributed by atoms with Crippen molar-refractivity contribution in [2.45, 2.75) is 24.5 Å². The lowest BCUT2D eigenvalue weighted by atomic mass is 10.1. The number of nitrogens with zero attached hydrogens (tertiary/aromatic N) is 1. The highest BCUT2D eigenvalue weighted by atomic mass is 32.1. The molecule has 1 atom stereocenters. The van der Waals surface area contributed by atoms with E-state index in [-0.39, 0.29) is 16.9 Å². The van der Waals surface area contributed by atoms with Gasteiger partial charge >= 0.3 is 0 Å². The molecule has 4 heteroatoms. The molecule has 1 aromatic rings. The molecule has 1 heterocycles. The Labute approximate surface area is 105 Å². The van der Waals surface area contributed by atoms with E-state index in [1.807, 2.05) is 18.2 Å². The average Bonchev–Trinajstić information content (AvgIpc) is 2.82. The molecule has 1 saturated heterocycles. The van der Waals surface area contributed by atoms with Gasteiger partial charge in [-0.1, -0.05) is 0 Å². The molecule has 0 aromatic heterocycles. The minimum absolute atomic E-state index is 0.120. The van der Waals surface area contributed by atoms with E-state index in [0.717, 1.165) is 23.2 Å². The standard InChI is InChI=1S/C13H13NO2S/c15-12-4-1-8-5-9(2-3-11(8)12)14-7-10(17)6-13(14)16/h2-3,5,10,17H,1,4,6-7H2. The number of hydrogen-bond donors (Lipinski definition) is 1. The summed E-state index contributed by atoms with van der Waals surface area (Å²) in [6.45, 7) is 0.661. The summed E-state index contributed by atoms with van der Waals surface area (Å²) < 4.78 is 0. The summed E-state index contributed by atoms with van der Waals surface area (Å²) in [6.07, 6.45) is 1.90. The maximum atomic E-state index is 11.8. The van der Waals surface area contributed by atoms with Crippen LogP contribution in [0.25, 0.3) is 0 Å². The molecule has 1 aliphatic carbocycles. The first-order valence-corrected chi connectivity index (χ1v) is 6.31. The van der Waals surface area contributed by atoms with Crippen LogP contribution >= 0.6 is 12.6 Å². The van der Waals surface area contributed by atoms with Crippen molar-refractivity contribution in [2.75, 3.05) is 11.4 Å². The van der Waals surface area contributed by atoms with Gasteiger partial charge in [0, 0.05) is 35.9 Å². The molecule has 0 radical (unpaired) electrons. The molecule has 1 aliphatic heterocycles. The second kappa shape index (κ2) is 3.88. The Bertz CT molecular complexity index is 512. The van der Waals surface area contributed by atoms with Crippen LogP contribution in [0.5, 0.6) is 0 Å². The number of anilines is 1. The van der Waals surface area contributed by atoms with E-state index in [4.69, 9.17) is 0 Å². The fourth-order valence-electron chi connectivity index (χ4n) is 2.55. The molecule has 0 N–H and O–H groups in total. The smallest absolute Gasteiger partial charge is 0.228 e. The van der Waals surface area contributed by atoms with Gasteiger partial charge in [0.15, 0.2) is 5.78 Å². The molecule has 0 spiro atoms. The highest BCUT2D eigenvalue weighted by Gasteiger charge is 2.29. The Kier molecular flexibility index (Phi) is 2.47. The summed E-state index contributed by atoms with van der Waals surface area (Å²) in [6, 6.07) is 5.69. The van der Waals surface area contributed by atoms with Crippen LogP contribution in [0.3, 0.4) is 0 Å². The number of carbonyl (C=O) groups is 2. The first kappa shape index (κ1) is 10.8. The third-order valence-corrected chi connectivity index (χ3v) is 3.77. The van der Waals surface area contributed by atoms with E-state index in [0.29, 0.717) is 19.4 Å². The number of benzene rings is 1. The SMILES string of the molecule is O=C1CCc2cc(N3CC(S)CC3=O)ccc21. The molecule has 1 fully saturated rings. The van der Waals surface area contributed by atoms with E-state index in [2.05, 4.69) is 12.6 Å². The maximum Gasteiger partial charge on any atom is 0.228 e. The van der Waals surface area contributed by atoms with Crippen molar-refractivity contribution in [3.8, 4) is 0 Å². The van der Waals surface area contributed by atoms with E-state index in [1.165, 1.54) is 0 Å². The van der Waals surface area contributed by atoms with Gasteiger partial charge < -0.3 is 4.90 Å². The number of hydrogen-bond acceptors (Lipinski definition) is 3. The molecule has 0 saturated carbocycles. The van der Waals surface area contributed by atoms with E-state index < -0.39 is 0 Å². The molecule has 3 rings (SSSR count). The van der Waals surface area contributed by atoms with Gasteiger partial charge in [-0.2, -0.15) is 12.6 Å². The number of rotatable bonds is 1. The monoisotopic (exact) mass is 247 g/mol. The van der Waals surface area contributed by atoms with Crippen molar-refractivity contribution in [1.29, 1.82) is 0 Å². The lowest BCUT2D eigenvalue weighted by molar-refractivity contribution is -0.117. The third-order valence-electron chi connectivity index (χ3n) is 3.43. The van der Waals surface area contributed by atoms with Gasteiger partial charge in [0.25, 0.3) is 0 Å².